The largest absolute Gasteiger partial charge is 0.103 e. The molecule has 0 heteroatoms. The molecular formula is C11H22. The van der Waals surface area contributed by atoms with Crippen LogP contribution in [0.2, 0.25) is 0 Å². The Morgan fingerprint density at radius 2 is 2.00 bits per heavy atom. The molecule has 0 amide bonds. The zero-order chi connectivity index (χ0) is 8.53. The van der Waals surface area contributed by atoms with Gasteiger partial charge in [-0.1, -0.05) is 52.0 Å². The molecule has 0 aromatic rings. The Hall–Kier alpha value is -0.260. The predicted molar refractivity (Wildman–Crippen MR) is 52.7 cm³/mol. The van der Waals surface area contributed by atoms with E-state index in [1.807, 2.05) is 6.08 Å². The molecule has 0 aliphatic heterocycles. The van der Waals surface area contributed by atoms with Crippen LogP contribution < -0.4 is 0 Å². The maximum Gasteiger partial charge on any atom is -0.0328 e. The lowest BCUT2D eigenvalue weighted by atomic mass is 10.00. The average Bonchev–Trinajstić information content (AvgIpc) is 1.99. The zero-order valence-corrected chi connectivity index (χ0v) is 8.10. The average molecular weight is 154 g/mol. The summed E-state index contributed by atoms with van der Waals surface area (Å²) in [5.41, 5.74) is 0. The molecule has 0 fully saturated rings. The molecule has 11 heavy (non-hydrogen) atoms. The third-order valence-electron chi connectivity index (χ3n) is 2.12. The molecule has 0 bridgehead atoms. The molecule has 0 heterocycles. The molecule has 0 saturated heterocycles. The fraction of sp³-hybridized carbons (Fsp3) is 0.818. The highest BCUT2D eigenvalue weighted by Gasteiger charge is 1.97. The fourth-order valence-electron chi connectivity index (χ4n) is 1.32. The van der Waals surface area contributed by atoms with Crippen molar-refractivity contribution in [3.05, 3.63) is 12.7 Å². The lowest BCUT2D eigenvalue weighted by Gasteiger charge is -2.06. The van der Waals surface area contributed by atoms with Crippen molar-refractivity contribution >= 4 is 0 Å². The zero-order valence-electron chi connectivity index (χ0n) is 8.10. The van der Waals surface area contributed by atoms with E-state index in [0.29, 0.717) is 0 Å². The van der Waals surface area contributed by atoms with Crippen LogP contribution in [0.15, 0.2) is 12.7 Å². The van der Waals surface area contributed by atoms with Crippen LogP contribution in [-0.2, 0) is 0 Å². The highest BCUT2D eigenvalue weighted by molar-refractivity contribution is 4.70. The second kappa shape index (κ2) is 7.84. The van der Waals surface area contributed by atoms with E-state index in [2.05, 4.69) is 20.4 Å². The lowest BCUT2D eigenvalue weighted by Crippen LogP contribution is -1.91. The van der Waals surface area contributed by atoms with E-state index < -0.39 is 0 Å². The summed E-state index contributed by atoms with van der Waals surface area (Å²) in [5.74, 6) is 0.851. The van der Waals surface area contributed by atoms with Gasteiger partial charge in [0.2, 0.25) is 0 Å². The summed E-state index contributed by atoms with van der Waals surface area (Å²) in [6.07, 6.45) is 10.2. The number of hydrogen-bond acceptors (Lipinski definition) is 0. The Balaban J connectivity index is 3.03. The Kier molecular flexibility index (Phi) is 7.66. The van der Waals surface area contributed by atoms with Crippen LogP contribution in [-0.4, -0.2) is 0 Å². The molecule has 0 rings (SSSR count). The van der Waals surface area contributed by atoms with Gasteiger partial charge < -0.3 is 0 Å². The minimum Gasteiger partial charge on any atom is -0.103 e. The summed E-state index contributed by atoms with van der Waals surface area (Å²) in [4.78, 5) is 0. The molecule has 0 N–H and O–H groups in total. The Bertz CT molecular complexity index is 84.0. The van der Waals surface area contributed by atoms with E-state index in [4.69, 9.17) is 0 Å². The van der Waals surface area contributed by atoms with Gasteiger partial charge in [-0.15, -0.1) is 6.58 Å². The van der Waals surface area contributed by atoms with Crippen LogP contribution in [0.1, 0.15) is 52.4 Å². The van der Waals surface area contributed by atoms with E-state index in [-0.39, 0.29) is 0 Å². The van der Waals surface area contributed by atoms with Crippen molar-refractivity contribution in [2.45, 2.75) is 52.4 Å². The smallest absolute Gasteiger partial charge is 0.0328 e. The van der Waals surface area contributed by atoms with Crippen molar-refractivity contribution in [2.24, 2.45) is 5.92 Å². The number of rotatable bonds is 7. The van der Waals surface area contributed by atoms with Gasteiger partial charge >= 0.3 is 0 Å². The summed E-state index contributed by atoms with van der Waals surface area (Å²) in [6.45, 7) is 8.32. The maximum atomic E-state index is 3.75. The normalized spacial score (nSPS) is 12.9. The number of hydrogen-bond donors (Lipinski definition) is 0. The van der Waals surface area contributed by atoms with Crippen molar-refractivity contribution in [2.75, 3.05) is 0 Å². The molecule has 1 atom stereocenters. The van der Waals surface area contributed by atoms with Crippen molar-refractivity contribution in [3.8, 4) is 0 Å². The molecule has 0 aromatic carbocycles. The highest BCUT2D eigenvalue weighted by atomic mass is 14.0. The Morgan fingerprint density at radius 3 is 2.55 bits per heavy atom. The van der Waals surface area contributed by atoms with Crippen molar-refractivity contribution < 1.29 is 0 Å². The number of unbranched alkanes of at least 4 members (excludes halogenated alkanes) is 3. The van der Waals surface area contributed by atoms with Gasteiger partial charge in [0, 0.05) is 0 Å². The van der Waals surface area contributed by atoms with Gasteiger partial charge in [0.15, 0.2) is 0 Å². The molecule has 0 aliphatic carbocycles. The molecule has 0 unspecified atom stereocenters. The standard InChI is InChI=1S/C11H22/c1-4-6-7-8-10-11(3)9-5-2/h5,11H,2,4,6-10H2,1,3H3/t11-/m1/s1. The van der Waals surface area contributed by atoms with Crippen LogP contribution >= 0.6 is 0 Å². The first-order valence-electron chi connectivity index (χ1n) is 4.92. The van der Waals surface area contributed by atoms with Crippen LogP contribution in [0.5, 0.6) is 0 Å². The van der Waals surface area contributed by atoms with Gasteiger partial charge in [-0.25, -0.2) is 0 Å². The Morgan fingerprint density at radius 1 is 1.27 bits per heavy atom. The second-order valence-corrected chi connectivity index (χ2v) is 3.48. The first kappa shape index (κ1) is 10.7. The van der Waals surface area contributed by atoms with Crippen LogP contribution in [0.4, 0.5) is 0 Å². The maximum absolute atomic E-state index is 3.75. The van der Waals surface area contributed by atoms with Crippen LogP contribution in [0.3, 0.4) is 0 Å². The minimum atomic E-state index is 0.851. The Labute approximate surface area is 71.7 Å². The summed E-state index contributed by atoms with van der Waals surface area (Å²) in [7, 11) is 0. The molecule has 0 aromatic heterocycles. The molecule has 66 valence electrons. The van der Waals surface area contributed by atoms with Crippen molar-refractivity contribution in [1.29, 1.82) is 0 Å². The van der Waals surface area contributed by atoms with Gasteiger partial charge in [-0.3, -0.25) is 0 Å². The second-order valence-electron chi connectivity index (χ2n) is 3.48. The quantitative estimate of drug-likeness (QED) is 0.381. The van der Waals surface area contributed by atoms with Crippen LogP contribution in [0, 0.1) is 5.92 Å². The molecule has 0 radical (unpaired) electrons. The molecule has 0 saturated carbocycles. The first-order valence-corrected chi connectivity index (χ1v) is 4.92. The van der Waals surface area contributed by atoms with Crippen molar-refractivity contribution in [3.63, 3.8) is 0 Å². The van der Waals surface area contributed by atoms with E-state index in [0.717, 1.165) is 5.92 Å². The summed E-state index contributed by atoms with van der Waals surface area (Å²) < 4.78 is 0. The number of allylic oxidation sites excluding steroid dienone is 1. The third-order valence-corrected chi connectivity index (χ3v) is 2.12. The lowest BCUT2D eigenvalue weighted by molar-refractivity contribution is 0.494. The highest BCUT2D eigenvalue weighted by Crippen LogP contribution is 2.13. The van der Waals surface area contributed by atoms with Gasteiger partial charge in [0.1, 0.15) is 0 Å². The molecule has 0 nitrogen and oxygen atoms in total. The van der Waals surface area contributed by atoms with Gasteiger partial charge in [0.05, 0.1) is 0 Å². The summed E-state index contributed by atoms with van der Waals surface area (Å²) >= 11 is 0. The van der Waals surface area contributed by atoms with E-state index in [1.165, 1.54) is 38.5 Å². The predicted octanol–water partition coefficient (Wildman–Crippen LogP) is 4.17. The molecular weight excluding hydrogens is 132 g/mol. The minimum absolute atomic E-state index is 0.851. The van der Waals surface area contributed by atoms with Gasteiger partial charge in [-0.2, -0.15) is 0 Å². The first-order chi connectivity index (χ1) is 5.31. The summed E-state index contributed by atoms with van der Waals surface area (Å²) in [6, 6.07) is 0. The fourth-order valence-corrected chi connectivity index (χ4v) is 1.32. The topological polar surface area (TPSA) is 0 Å². The van der Waals surface area contributed by atoms with Crippen molar-refractivity contribution in [1.82, 2.24) is 0 Å². The van der Waals surface area contributed by atoms with Gasteiger partial charge in [0.25, 0.3) is 0 Å². The summed E-state index contributed by atoms with van der Waals surface area (Å²) in [5, 5.41) is 0. The molecule has 0 aliphatic rings. The third kappa shape index (κ3) is 7.64. The van der Waals surface area contributed by atoms with E-state index in [1.54, 1.807) is 0 Å². The monoisotopic (exact) mass is 154 g/mol. The SMILES string of the molecule is C=CC[C@@H](C)CCCCCC. The van der Waals surface area contributed by atoms with Gasteiger partial charge in [-0.05, 0) is 12.3 Å². The van der Waals surface area contributed by atoms with E-state index in [9.17, 15) is 0 Å². The van der Waals surface area contributed by atoms with E-state index >= 15 is 0 Å². The van der Waals surface area contributed by atoms with Crippen LogP contribution in [0.25, 0.3) is 0 Å². The molecule has 0 spiro atoms.